The van der Waals surface area contributed by atoms with Crippen LogP contribution in [0.25, 0.3) is 0 Å². The fourth-order valence-corrected chi connectivity index (χ4v) is 3.72. The molecule has 1 aliphatic rings. The summed E-state index contributed by atoms with van der Waals surface area (Å²) in [4.78, 5) is 24.3. The lowest BCUT2D eigenvalue weighted by Gasteiger charge is -2.17. The van der Waals surface area contributed by atoms with Crippen LogP contribution in [0.3, 0.4) is 0 Å². The van der Waals surface area contributed by atoms with Crippen LogP contribution in [-0.4, -0.2) is 33.7 Å². The Morgan fingerprint density at radius 3 is 2.50 bits per heavy atom. The first-order chi connectivity index (χ1) is 12.3. The van der Waals surface area contributed by atoms with Crippen molar-refractivity contribution in [3.05, 3.63) is 29.8 Å². The van der Waals surface area contributed by atoms with Crippen molar-refractivity contribution in [3.8, 4) is 0 Å². The molecule has 0 bridgehead atoms. The predicted molar refractivity (Wildman–Crippen MR) is 106 cm³/mol. The normalized spacial score (nSPS) is 14.1. The third-order valence-electron chi connectivity index (χ3n) is 3.78. The molecule has 8 heteroatoms. The summed E-state index contributed by atoms with van der Waals surface area (Å²) in [5.74, 6) is 0.279. The highest BCUT2D eigenvalue weighted by Crippen LogP contribution is 2.30. The maximum absolute atomic E-state index is 12.3. The molecule has 3 rings (SSSR count). The highest BCUT2D eigenvalue weighted by molar-refractivity contribution is 8.01. The summed E-state index contributed by atoms with van der Waals surface area (Å²) < 4.78 is 0.788. The van der Waals surface area contributed by atoms with Crippen molar-refractivity contribution >= 4 is 45.6 Å². The topological polar surface area (TPSA) is 84.0 Å². The van der Waals surface area contributed by atoms with Crippen molar-refractivity contribution in [2.24, 2.45) is 5.41 Å². The number of benzene rings is 1. The molecule has 1 amide bonds. The number of carbonyl (C=O) groups excluding carboxylic acids is 2. The van der Waals surface area contributed by atoms with E-state index >= 15 is 0 Å². The van der Waals surface area contributed by atoms with Gasteiger partial charge in [0, 0.05) is 22.7 Å². The molecule has 6 nitrogen and oxygen atoms in total. The molecule has 2 aromatic rings. The highest BCUT2D eigenvalue weighted by Gasteiger charge is 2.23. The number of ketones is 1. The van der Waals surface area contributed by atoms with Gasteiger partial charge in [-0.05, 0) is 37.1 Å². The number of Topliss-reactive ketones (excluding diaryl/α,β-unsaturated/α-hetero) is 1. The molecule has 0 unspecified atom stereocenters. The summed E-state index contributed by atoms with van der Waals surface area (Å²) in [7, 11) is 0. The van der Waals surface area contributed by atoms with E-state index in [2.05, 4.69) is 20.8 Å². The molecule has 1 fully saturated rings. The largest absolute Gasteiger partial charge is 0.357 e. The van der Waals surface area contributed by atoms with Crippen LogP contribution in [0.5, 0.6) is 0 Å². The summed E-state index contributed by atoms with van der Waals surface area (Å²) in [6, 6.07) is 7.52. The second-order valence-corrected chi connectivity index (χ2v) is 9.49. The molecule has 1 heterocycles. The molecule has 0 spiro atoms. The lowest BCUT2D eigenvalue weighted by molar-refractivity contribution is -0.123. The van der Waals surface area contributed by atoms with Gasteiger partial charge in [-0.2, -0.15) is 0 Å². The van der Waals surface area contributed by atoms with Crippen LogP contribution in [0, 0.1) is 5.41 Å². The van der Waals surface area contributed by atoms with Crippen molar-refractivity contribution < 1.29 is 9.59 Å². The second-order valence-electron chi connectivity index (χ2n) is 7.29. The van der Waals surface area contributed by atoms with Crippen LogP contribution in [-0.2, 0) is 4.79 Å². The van der Waals surface area contributed by atoms with Gasteiger partial charge in [-0.15, -0.1) is 10.2 Å². The Labute approximate surface area is 161 Å². The van der Waals surface area contributed by atoms with Crippen molar-refractivity contribution in [1.82, 2.24) is 10.2 Å². The van der Waals surface area contributed by atoms with Gasteiger partial charge < -0.3 is 10.6 Å². The summed E-state index contributed by atoms with van der Waals surface area (Å²) in [6.45, 7) is 5.57. The predicted octanol–water partition coefficient (Wildman–Crippen LogP) is 4.07. The molecule has 0 aliphatic heterocycles. The van der Waals surface area contributed by atoms with Gasteiger partial charge in [0.05, 0.1) is 5.75 Å². The van der Waals surface area contributed by atoms with E-state index < -0.39 is 5.41 Å². The van der Waals surface area contributed by atoms with Crippen LogP contribution >= 0.6 is 23.1 Å². The zero-order valence-corrected chi connectivity index (χ0v) is 16.7. The van der Waals surface area contributed by atoms with E-state index in [-0.39, 0.29) is 11.7 Å². The van der Waals surface area contributed by atoms with Crippen molar-refractivity contribution in [2.75, 3.05) is 16.4 Å². The maximum atomic E-state index is 12.3. The SMILES string of the molecule is CC(C)(C)C(=O)Nc1ccc(C(=O)CSc2nnc(NC3CC3)s2)cc1. The first-order valence-corrected chi connectivity index (χ1v) is 10.3. The molecule has 1 aromatic heterocycles. The van der Waals surface area contributed by atoms with Gasteiger partial charge in [0.1, 0.15) is 0 Å². The number of carbonyl (C=O) groups is 2. The van der Waals surface area contributed by atoms with Crippen LogP contribution in [0.15, 0.2) is 28.6 Å². The minimum atomic E-state index is -0.458. The summed E-state index contributed by atoms with van der Waals surface area (Å²) in [5.41, 5.74) is 0.848. The number of aromatic nitrogens is 2. The molecule has 1 aliphatic carbocycles. The van der Waals surface area contributed by atoms with Crippen LogP contribution < -0.4 is 10.6 Å². The Morgan fingerprint density at radius 2 is 1.88 bits per heavy atom. The second kappa shape index (κ2) is 7.75. The molecule has 1 saturated carbocycles. The number of hydrogen-bond donors (Lipinski definition) is 2. The third-order valence-corrected chi connectivity index (χ3v) is 5.77. The molecule has 0 radical (unpaired) electrons. The van der Waals surface area contributed by atoms with Gasteiger partial charge in [-0.3, -0.25) is 9.59 Å². The molecular formula is C18H22N4O2S2. The first kappa shape index (κ1) is 18.8. The quantitative estimate of drug-likeness (QED) is 0.548. The number of rotatable bonds is 7. The van der Waals surface area contributed by atoms with E-state index in [4.69, 9.17) is 0 Å². The van der Waals surface area contributed by atoms with E-state index in [1.54, 1.807) is 24.3 Å². The van der Waals surface area contributed by atoms with Gasteiger partial charge in [-0.1, -0.05) is 43.9 Å². The van der Waals surface area contributed by atoms with E-state index in [0.29, 0.717) is 23.0 Å². The summed E-state index contributed by atoms with van der Waals surface area (Å²) in [6.07, 6.45) is 2.37. The number of amides is 1. The monoisotopic (exact) mass is 390 g/mol. The zero-order chi connectivity index (χ0) is 18.7. The average molecular weight is 391 g/mol. The van der Waals surface area contributed by atoms with Crippen molar-refractivity contribution in [3.63, 3.8) is 0 Å². The van der Waals surface area contributed by atoms with E-state index in [9.17, 15) is 9.59 Å². The Hall–Kier alpha value is -1.93. The smallest absolute Gasteiger partial charge is 0.229 e. The van der Waals surface area contributed by atoms with Gasteiger partial charge in [0.2, 0.25) is 11.0 Å². The minimum Gasteiger partial charge on any atom is -0.357 e. The Bertz CT molecular complexity index is 792. The highest BCUT2D eigenvalue weighted by atomic mass is 32.2. The summed E-state index contributed by atoms with van der Waals surface area (Å²) >= 11 is 2.88. The molecule has 0 saturated heterocycles. The number of thioether (sulfide) groups is 1. The van der Waals surface area contributed by atoms with Crippen LogP contribution in [0.2, 0.25) is 0 Å². The number of nitrogens with zero attached hydrogens (tertiary/aromatic N) is 2. The average Bonchev–Trinajstić information content (AvgIpc) is 3.29. The molecular weight excluding hydrogens is 368 g/mol. The van der Waals surface area contributed by atoms with Gasteiger partial charge in [0.15, 0.2) is 10.1 Å². The molecule has 26 heavy (non-hydrogen) atoms. The van der Waals surface area contributed by atoms with Crippen molar-refractivity contribution in [1.29, 1.82) is 0 Å². The number of anilines is 2. The third kappa shape index (κ3) is 5.28. The van der Waals surface area contributed by atoms with E-state index in [0.717, 1.165) is 9.47 Å². The zero-order valence-electron chi connectivity index (χ0n) is 15.0. The molecule has 1 aromatic carbocycles. The van der Waals surface area contributed by atoms with Crippen molar-refractivity contribution in [2.45, 2.75) is 44.0 Å². The van der Waals surface area contributed by atoms with Gasteiger partial charge in [-0.25, -0.2) is 0 Å². The van der Waals surface area contributed by atoms with Gasteiger partial charge >= 0.3 is 0 Å². The Morgan fingerprint density at radius 1 is 1.19 bits per heavy atom. The summed E-state index contributed by atoms with van der Waals surface area (Å²) in [5, 5.41) is 15.2. The van der Waals surface area contributed by atoms with Crippen LogP contribution in [0.1, 0.15) is 44.0 Å². The number of nitrogens with one attached hydrogen (secondary N) is 2. The lowest BCUT2D eigenvalue weighted by Crippen LogP contribution is -2.27. The fourth-order valence-electron chi connectivity index (χ4n) is 2.00. The van der Waals surface area contributed by atoms with Gasteiger partial charge in [0.25, 0.3) is 0 Å². The minimum absolute atomic E-state index is 0.0237. The lowest BCUT2D eigenvalue weighted by atomic mass is 9.95. The first-order valence-electron chi connectivity index (χ1n) is 8.49. The maximum Gasteiger partial charge on any atom is 0.229 e. The Balaban J connectivity index is 1.51. The van der Waals surface area contributed by atoms with Crippen LogP contribution in [0.4, 0.5) is 10.8 Å². The van der Waals surface area contributed by atoms with E-state index in [1.807, 2.05) is 20.8 Å². The fraction of sp³-hybridized carbons (Fsp3) is 0.444. The molecule has 2 N–H and O–H groups in total. The number of hydrogen-bond acceptors (Lipinski definition) is 7. The van der Waals surface area contributed by atoms with E-state index in [1.165, 1.54) is 35.9 Å². The Kier molecular flexibility index (Phi) is 5.62. The molecule has 0 atom stereocenters. The standard InChI is InChI=1S/C18H22N4O2S2/c1-18(2,3)15(24)19-12-6-4-11(5-7-12)14(23)10-25-17-22-21-16(26-17)20-13-8-9-13/h4-7,13H,8-10H2,1-3H3,(H,19,24)(H,20,21). The molecule has 138 valence electrons.